The normalized spacial score (nSPS) is 14.2. The summed E-state index contributed by atoms with van der Waals surface area (Å²) >= 11 is 0. The van der Waals surface area contributed by atoms with E-state index in [9.17, 15) is 14.3 Å². The van der Waals surface area contributed by atoms with Crippen LogP contribution in [0.2, 0.25) is 0 Å². The predicted octanol–water partition coefficient (Wildman–Crippen LogP) is 2.02. The molecule has 1 aromatic carbocycles. The molecule has 94 valence electrons. The first-order valence-electron chi connectivity index (χ1n) is 5.65. The van der Waals surface area contributed by atoms with Crippen molar-refractivity contribution in [2.24, 2.45) is 0 Å². The molecule has 0 aliphatic carbocycles. The van der Waals surface area contributed by atoms with Crippen LogP contribution in [0.15, 0.2) is 18.2 Å². The molecular weight excluding hydrogens is 221 g/mol. The lowest BCUT2D eigenvalue weighted by Gasteiger charge is -2.15. The Bertz CT molecular complexity index is 404. The fourth-order valence-electron chi connectivity index (χ4n) is 1.69. The van der Waals surface area contributed by atoms with Crippen molar-refractivity contribution in [3.63, 3.8) is 0 Å². The van der Waals surface area contributed by atoms with E-state index in [1.54, 1.807) is 26.8 Å². The van der Waals surface area contributed by atoms with Crippen molar-refractivity contribution in [3.05, 3.63) is 35.1 Å². The van der Waals surface area contributed by atoms with Crippen LogP contribution in [0.5, 0.6) is 0 Å². The quantitative estimate of drug-likeness (QED) is 0.844. The number of nitrogens with one attached hydrogen (secondary N) is 1. The Kier molecular flexibility index (Phi) is 4.63. The number of amides is 1. The van der Waals surface area contributed by atoms with Crippen molar-refractivity contribution in [2.45, 2.75) is 39.3 Å². The number of hydrogen-bond acceptors (Lipinski definition) is 2. The number of aryl methyl sites for hydroxylation is 1. The highest BCUT2D eigenvalue weighted by Gasteiger charge is 2.15. The average Bonchev–Trinajstić information content (AvgIpc) is 2.20. The van der Waals surface area contributed by atoms with Crippen molar-refractivity contribution in [3.8, 4) is 0 Å². The van der Waals surface area contributed by atoms with Crippen LogP contribution in [0.25, 0.3) is 0 Å². The smallest absolute Gasteiger partial charge is 0.254 e. The van der Waals surface area contributed by atoms with Gasteiger partial charge in [-0.25, -0.2) is 4.39 Å². The zero-order valence-electron chi connectivity index (χ0n) is 10.3. The summed E-state index contributed by atoms with van der Waals surface area (Å²) in [5.74, 6) is -0.975. The molecule has 4 heteroatoms. The van der Waals surface area contributed by atoms with Gasteiger partial charge in [-0.1, -0.05) is 11.6 Å². The van der Waals surface area contributed by atoms with Gasteiger partial charge in [-0.15, -0.1) is 0 Å². The highest BCUT2D eigenvalue weighted by molar-refractivity contribution is 5.94. The van der Waals surface area contributed by atoms with E-state index in [-0.39, 0.29) is 11.6 Å². The van der Waals surface area contributed by atoms with Crippen molar-refractivity contribution < 1.29 is 14.3 Å². The number of benzene rings is 1. The van der Waals surface area contributed by atoms with Crippen molar-refractivity contribution in [2.75, 3.05) is 0 Å². The molecule has 0 heterocycles. The molecule has 1 aromatic rings. The molecule has 3 nitrogen and oxygen atoms in total. The van der Waals surface area contributed by atoms with Gasteiger partial charge in [0, 0.05) is 6.04 Å². The molecule has 17 heavy (non-hydrogen) atoms. The lowest BCUT2D eigenvalue weighted by molar-refractivity contribution is 0.0919. The number of carbonyl (C=O) groups is 1. The molecule has 2 N–H and O–H groups in total. The lowest BCUT2D eigenvalue weighted by Crippen LogP contribution is -2.35. The molecule has 0 saturated carbocycles. The van der Waals surface area contributed by atoms with Gasteiger partial charge < -0.3 is 10.4 Å². The van der Waals surface area contributed by atoms with Gasteiger partial charge in [-0.05, 0) is 39.3 Å². The second-order valence-corrected chi connectivity index (χ2v) is 4.44. The lowest BCUT2D eigenvalue weighted by atomic mass is 10.1. The number of aliphatic hydroxyl groups excluding tert-OH is 1. The molecule has 0 bridgehead atoms. The molecule has 0 aliphatic heterocycles. The summed E-state index contributed by atoms with van der Waals surface area (Å²) in [6.07, 6.45) is -0.0493. The van der Waals surface area contributed by atoms with E-state index >= 15 is 0 Å². The Labute approximate surface area is 101 Å². The number of aliphatic hydroxyl groups is 1. The minimum atomic E-state index is -0.530. The summed E-state index contributed by atoms with van der Waals surface area (Å²) in [7, 11) is 0. The van der Waals surface area contributed by atoms with Crippen molar-refractivity contribution in [1.82, 2.24) is 5.32 Å². The summed E-state index contributed by atoms with van der Waals surface area (Å²) in [4.78, 5) is 11.8. The fourth-order valence-corrected chi connectivity index (χ4v) is 1.69. The molecule has 1 amide bonds. The van der Waals surface area contributed by atoms with Crippen LogP contribution in [-0.4, -0.2) is 23.2 Å². The zero-order valence-corrected chi connectivity index (χ0v) is 10.3. The van der Waals surface area contributed by atoms with Gasteiger partial charge in [0.05, 0.1) is 11.7 Å². The van der Waals surface area contributed by atoms with E-state index in [0.717, 1.165) is 5.56 Å². The van der Waals surface area contributed by atoms with Crippen LogP contribution < -0.4 is 5.32 Å². The maximum atomic E-state index is 13.4. The van der Waals surface area contributed by atoms with Crippen molar-refractivity contribution >= 4 is 5.91 Å². The first kappa shape index (κ1) is 13.6. The van der Waals surface area contributed by atoms with Crippen LogP contribution in [0.4, 0.5) is 4.39 Å². The highest BCUT2D eigenvalue weighted by Crippen LogP contribution is 2.10. The summed E-state index contributed by atoms with van der Waals surface area (Å²) in [5.41, 5.74) is 0.877. The van der Waals surface area contributed by atoms with Gasteiger partial charge in [0.15, 0.2) is 0 Å². The number of halogens is 1. The van der Waals surface area contributed by atoms with Gasteiger partial charge >= 0.3 is 0 Å². The molecule has 0 aliphatic rings. The summed E-state index contributed by atoms with van der Waals surface area (Å²) in [5, 5.41) is 11.8. The number of carbonyl (C=O) groups excluding carboxylic acids is 1. The molecular formula is C13H18FNO2. The van der Waals surface area contributed by atoms with Gasteiger partial charge in [0.1, 0.15) is 5.82 Å². The SMILES string of the molecule is Cc1ccc(F)c(C(=O)NC(C)CC(C)O)c1. The van der Waals surface area contributed by atoms with Crippen LogP contribution in [-0.2, 0) is 0 Å². The second kappa shape index (κ2) is 5.77. The molecule has 2 unspecified atom stereocenters. The Morgan fingerprint density at radius 1 is 1.47 bits per heavy atom. The molecule has 0 saturated heterocycles. The predicted molar refractivity (Wildman–Crippen MR) is 64.4 cm³/mol. The summed E-state index contributed by atoms with van der Waals surface area (Å²) in [6, 6.07) is 4.22. The minimum Gasteiger partial charge on any atom is -0.393 e. The fraction of sp³-hybridized carbons (Fsp3) is 0.462. The van der Waals surface area contributed by atoms with Crippen LogP contribution in [0.3, 0.4) is 0 Å². The summed E-state index contributed by atoms with van der Waals surface area (Å²) in [6.45, 7) is 5.23. The van der Waals surface area contributed by atoms with Crippen LogP contribution >= 0.6 is 0 Å². The Morgan fingerprint density at radius 2 is 2.12 bits per heavy atom. The van der Waals surface area contributed by atoms with E-state index in [1.807, 2.05) is 0 Å². The Morgan fingerprint density at radius 3 is 2.71 bits per heavy atom. The monoisotopic (exact) mass is 239 g/mol. The molecule has 1 rings (SSSR count). The first-order valence-corrected chi connectivity index (χ1v) is 5.65. The average molecular weight is 239 g/mol. The van der Waals surface area contributed by atoms with Gasteiger partial charge in [-0.2, -0.15) is 0 Å². The van der Waals surface area contributed by atoms with E-state index in [2.05, 4.69) is 5.32 Å². The number of rotatable bonds is 4. The van der Waals surface area contributed by atoms with E-state index in [0.29, 0.717) is 6.42 Å². The Hall–Kier alpha value is -1.42. The molecule has 0 radical (unpaired) electrons. The van der Waals surface area contributed by atoms with Crippen LogP contribution in [0, 0.1) is 12.7 Å². The van der Waals surface area contributed by atoms with E-state index in [1.165, 1.54) is 12.1 Å². The van der Waals surface area contributed by atoms with Gasteiger partial charge in [0.25, 0.3) is 5.91 Å². The maximum Gasteiger partial charge on any atom is 0.254 e. The zero-order chi connectivity index (χ0) is 13.0. The highest BCUT2D eigenvalue weighted by atomic mass is 19.1. The third-order valence-corrected chi connectivity index (χ3v) is 2.44. The summed E-state index contributed by atoms with van der Waals surface area (Å²) < 4.78 is 13.4. The topological polar surface area (TPSA) is 49.3 Å². The second-order valence-electron chi connectivity index (χ2n) is 4.44. The molecule has 0 spiro atoms. The molecule has 0 fully saturated rings. The largest absolute Gasteiger partial charge is 0.393 e. The number of hydrogen-bond donors (Lipinski definition) is 2. The molecule has 0 aromatic heterocycles. The maximum absolute atomic E-state index is 13.4. The van der Waals surface area contributed by atoms with Crippen LogP contribution in [0.1, 0.15) is 36.2 Å². The third kappa shape index (κ3) is 4.15. The minimum absolute atomic E-state index is 0.0439. The Balaban J connectivity index is 2.73. The standard InChI is InChI=1S/C13H18FNO2/c1-8-4-5-12(14)11(6-8)13(17)15-9(2)7-10(3)16/h4-6,9-10,16H,7H2,1-3H3,(H,15,17). The van der Waals surface area contributed by atoms with E-state index in [4.69, 9.17) is 0 Å². The van der Waals surface area contributed by atoms with Gasteiger partial charge in [-0.3, -0.25) is 4.79 Å². The molecule has 2 atom stereocenters. The van der Waals surface area contributed by atoms with Crippen molar-refractivity contribution in [1.29, 1.82) is 0 Å². The van der Waals surface area contributed by atoms with Gasteiger partial charge in [0.2, 0.25) is 0 Å². The first-order chi connectivity index (χ1) is 7.90. The van der Waals surface area contributed by atoms with E-state index < -0.39 is 17.8 Å². The third-order valence-electron chi connectivity index (χ3n) is 2.44.